The number of alkyl halides is 3. The Bertz CT molecular complexity index is 1070. The third-order valence-electron chi connectivity index (χ3n) is 5.50. The zero-order chi connectivity index (χ0) is 23.6. The molecule has 176 valence electrons. The smallest absolute Gasteiger partial charge is 0.425 e. The number of rotatable bonds is 7. The molecule has 2 aromatic rings. The summed E-state index contributed by atoms with van der Waals surface area (Å²) in [6.45, 7) is 1.77. The van der Waals surface area contributed by atoms with Crippen LogP contribution in [0.4, 0.5) is 24.7 Å². The van der Waals surface area contributed by atoms with Gasteiger partial charge in [-0.05, 0) is 37.8 Å². The van der Waals surface area contributed by atoms with Gasteiger partial charge in [-0.1, -0.05) is 18.2 Å². The number of nitrogens with one attached hydrogen (secondary N) is 1. The number of methoxy groups -OCH3 is 1. The molecule has 10 heteroatoms. The van der Waals surface area contributed by atoms with Crippen LogP contribution in [0.2, 0.25) is 0 Å². The van der Waals surface area contributed by atoms with Crippen LogP contribution in [0.5, 0.6) is 5.75 Å². The lowest BCUT2D eigenvalue weighted by Crippen LogP contribution is -2.31. The summed E-state index contributed by atoms with van der Waals surface area (Å²) in [5, 5.41) is 2.95. The van der Waals surface area contributed by atoms with Crippen LogP contribution in [0, 0.1) is 0 Å². The molecule has 7 nitrogen and oxygen atoms in total. The van der Waals surface area contributed by atoms with E-state index in [0.717, 1.165) is 25.3 Å². The number of para-hydroxylation sites is 1. The van der Waals surface area contributed by atoms with Crippen LogP contribution < -0.4 is 10.1 Å². The molecule has 2 heterocycles. The largest absolute Gasteiger partial charge is 0.478 e. The quantitative estimate of drug-likeness (QED) is 0.578. The monoisotopic (exact) mass is 463 g/mol. The van der Waals surface area contributed by atoms with E-state index in [1.165, 1.54) is 7.11 Å². The van der Waals surface area contributed by atoms with Gasteiger partial charge in [-0.2, -0.15) is 13.2 Å². The second kappa shape index (κ2) is 9.38. The number of carbonyl (C=O) groups is 1. The Labute approximate surface area is 189 Å². The fourth-order valence-corrected chi connectivity index (χ4v) is 3.47. The number of hydrogen-bond donors (Lipinski definition) is 1. The summed E-state index contributed by atoms with van der Waals surface area (Å²) in [4.78, 5) is 21.1. The van der Waals surface area contributed by atoms with Crippen molar-refractivity contribution in [2.45, 2.75) is 44.4 Å². The molecule has 0 amide bonds. The molecule has 1 saturated carbocycles. The zero-order valence-corrected chi connectivity index (χ0v) is 18.2. The van der Waals surface area contributed by atoms with Crippen molar-refractivity contribution >= 4 is 23.0 Å². The maximum atomic E-state index is 13.3. The van der Waals surface area contributed by atoms with E-state index in [0.29, 0.717) is 30.9 Å². The molecule has 0 unspecified atom stereocenters. The zero-order valence-electron chi connectivity index (χ0n) is 18.2. The minimum Gasteiger partial charge on any atom is -0.478 e. The van der Waals surface area contributed by atoms with Crippen LogP contribution in [0.15, 0.2) is 30.5 Å². The van der Waals surface area contributed by atoms with E-state index in [4.69, 9.17) is 14.2 Å². The number of hydrogen-bond acceptors (Lipinski definition) is 7. The highest BCUT2D eigenvalue weighted by Crippen LogP contribution is 2.41. The maximum Gasteiger partial charge on any atom is 0.425 e. The van der Waals surface area contributed by atoms with Gasteiger partial charge in [-0.3, -0.25) is 0 Å². The highest BCUT2D eigenvalue weighted by molar-refractivity contribution is 5.93. The number of aromatic nitrogens is 2. The molecule has 0 spiro atoms. The molecular formula is C23H24F3N3O4. The number of nitrogens with zero attached hydrogens (tertiary/aromatic N) is 2. The molecule has 2 aliphatic rings. The maximum absolute atomic E-state index is 13.3. The number of anilines is 2. The van der Waals surface area contributed by atoms with Gasteiger partial charge in [0.25, 0.3) is 0 Å². The van der Waals surface area contributed by atoms with Crippen LogP contribution in [0.25, 0.3) is 5.57 Å². The molecule has 4 rings (SSSR count). The van der Waals surface area contributed by atoms with Gasteiger partial charge in [0.15, 0.2) is 23.4 Å². The van der Waals surface area contributed by atoms with Gasteiger partial charge >= 0.3 is 12.1 Å². The second-order valence-electron chi connectivity index (χ2n) is 7.92. The lowest BCUT2D eigenvalue weighted by atomic mass is 9.99. The predicted octanol–water partition coefficient (Wildman–Crippen LogP) is 5.02. The first-order valence-electron chi connectivity index (χ1n) is 10.6. The Morgan fingerprint density at radius 3 is 2.73 bits per heavy atom. The lowest BCUT2D eigenvalue weighted by molar-refractivity contribution is -0.189. The van der Waals surface area contributed by atoms with Gasteiger partial charge in [0.1, 0.15) is 0 Å². The Morgan fingerprint density at radius 2 is 2.09 bits per heavy atom. The average molecular weight is 463 g/mol. The number of ether oxygens (including phenoxy) is 3. The predicted molar refractivity (Wildman–Crippen MR) is 115 cm³/mol. The summed E-state index contributed by atoms with van der Waals surface area (Å²) in [6.07, 6.45) is -0.760. The van der Waals surface area contributed by atoms with Gasteiger partial charge in [-0.25, -0.2) is 14.8 Å². The lowest BCUT2D eigenvalue weighted by Gasteiger charge is -2.24. The van der Waals surface area contributed by atoms with Gasteiger partial charge in [0.2, 0.25) is 0 Å². The van der Waals surface area contributed by atoms with Crippen LogP contribution >= 0.6 is 0 Å². The molecule has 0 saturated heterocycles. The van der Waals surface area contributed by atoms with E-state index in [-0.39, 0.29) is 28.9 Å². The van der Waals surface area contributed by atoms with Crippen molar-refractivity contribution in [2.75, 3.05) is 25.6 Å². The summed E-state index contributed by atoms with van der Waals surface area (Å²) in [5.41, 5.74) is 2.21. The summed E-state index contributed by atoms with van der Waals surface area (Å²) in [7, 11) is 1.23. The Morgan fingerprint density at radius 1 is 1.30 bits per heavy atom. The summed E-state index contributed by atoms with van der Waals surface area (Å²) < 4.78 is 55.6. The van der Waals surface area contributed by atoms with Crippen LogP contribution in [-0.2, 0) is 9.47 Å². The first-order chi connectivity index (χ1) is 15.8. The van der Waals surface area contributed by atoms with Gasteiger partial charge in [-0.15, -0.1) is 0 Å². The number of halogens is 3. The van der Waals surface area contributed by atoms with E-state index in [2.05, 4.69) is 15.3 Å². The van der Waals surface area contributed by atoms with E-state index >= 15 is 0 Å². The Balaban J connectivity index is 1.75. The molecule has 33 heavy (non-hydrogen) atoms. The molecule has 1 aliphatic carbocycles. The number of carbonyl (C=O) groups excluding carboxylic acids is 1. The fourth-order valence-electron chi connectivity index (χ4n) is 3.47. The molecule has 1 aromatic carbocycles. The Kier molecular flexibility index (Phi) is 6.55. The third-order valence-corrected chi connectivity index (χ3v) is 5.50. The topological polar surface area (TPSA) is 82.6 Å². The summed E-state index contributed by atoms with van der Waals surface area (Å²) in [6, 6.07) is 4.96. The second-order valence-corrected chi connectivity index (χ2v) is 7.92. The molecular weight excluding hydrogens is 439 g/mol. The Hall–Kier alpha value is -3.14. The van der Waals surface area contributed by atoms with Crippen molar-refractivity contribution in [3.05, 3.63) is 47.4 Å². The molecule has 1 fully saturated rings. The van der Waals surface area contributed by atoms with E-state index < -0.39 is 18.2 Å². The first-order valence-corrected chi connectivity index (χ1v) is 10.6. The first kappa shape index (κ1) is 23.0. The molecule has 0 radical (unpaired) electrons. The molecule has 1 aromatic heterocycles. The molecule has 1 aliphatic heterocycles. The number of esters is 1. The highest BCUT2D eigenvalue weighted by Gasteiger charge is 2.39. The SMILES string of the molecule is COC(=O)c1nc(C2CC2)cnc1Nc1cccc(C2=CCOCC2)c1O[C@@H](C)C(F)(F)F. The summed E-state index contributed by atoms with van der Waals surface area (Å²) in [5.74, 6) is -0.347. The van der Waals surface area contributed by atoms with Crippen LogP contribution in [-0.4, -0.2) is 48.5 Å². The van der Waals surface area contributed by atoms with Crippen molar-refractivity contribution in [1.82, 2.24) is 9.97 Å². The van der Waals surface area contributed by atoms with Crippen molar-refractivity contribution < 1.29 is 32.2 Å². The number of benzene rings is 1. The van der Waals surface area contributed by atoms with E-state index in [1.807, 2.05) is 6.08 Å². The molecule has 1 atom stereocenters. The van der Waals surface area contributed by atoms with Gasteiger partial charge in [0.05, 0.1) is 37.9 Å². The van der Waals surface area contributed by atoms with Gasteiger partial charge < -0.3 is 19.5 Å². The molecule has 0 bridgehead atoms. The third kappa shape index (κ3) is 5.27. The van der Waals surface area contributed by atoms with E-state index in [1.54, 1.807) is 24.4 Å². The van der Waals surface area contributed by atoms with Crippen LogP contribution in [0.1, 0.15) is 53.8 Å². The minimum absolute atomic E-state index is 0.0133. The van der Waals surface area contributed by atoms with E-state index in [9.17, 15) is 18.0 Å². The standard InChI is InChI=1S/C23H24F3N3O4/c1-13(23(24,25)26)33-20-16(14-8-10-32-11-9-14)4-3-5-17(20)29-21-19(22(30)31-2)28-18(12-27-21)15-6-7-15/h3-5,8,12-13,15H,6-7,9-11H2,1-2H3,(H,27,29)/t13-/m0/s1. The van der Waals surface area contributed by atoms with Crippen molar-refractivity contribution in [1.29, 1.82) is 0 Å². The van der Waals surface area contributed by atoms with Crippen molar-refractivity contribution in [3.8, 4) is 5.75 Å². The van der Waals surface area contributed by atoms with Gasteiger partial charge in [0, 0.05) is 11.5 Å². The van der Waals surface area contributed by atoms with Crippen LogP contribution in [0.3, 0.4) is 0 Å². The normalized spacial score (nSPS) is 17.2. The van der Waals surface area contributed by atoms with Crippen molar-refractivity contribution in [2.24, 2.45) is 0 Å². The minimum atomic E-state index is -4.56. The van der Waals surface area contributed by atoms with Crippen molar-refractivity contribution in [3.63, 3.8) is 0 Å². The summed E-state index contributed by atoms with van der Waals surface area (Å²) >= 11 is 0. The average Bonchev–Trinajstić information content (AvgIpc) is 3.65. The molecule has 1 N–H and O–H groups in total. The fraction of sp³-hybridized carbons (Fsp3) is 0.435. The highest BCUT2D eigenvalue weighted by atomic mass is 19.4.